The molecule has 1 saturated heterocycles. The minimum Gasteiger partial charge on any atom is -0.493 e. The molecule has 1 atom stereocenters. The highest BCUT2D eigenvalue weighted by Gasteiger charge is 2.26. The number of carbonyl (C=O) groups excluding carboxylic acids is 1. The Balaban J connectivity index is 1.74. The molecule has 0 aliphatic carbocycles. The third-order valence-electron chi connectivity index (χ3n) is 4.36. The molecule has 2 aromatic rings. The first-order chi connectivity index (χ1) is 12.0. The first kappa shape index (κ1) is 17.1. The Hall–Kier alpha value is -2.70. The lowest BCUT2D eigenvalue weighted by atomic mass is 10.1. The van der Waals surface area contributed by atoms with E-state index in [0.717, 1.165) is 6.42 Å². The van der Waals surface area contributed by atoms with Crippen LogP contribution in [0.1, 0.15) is 29.5 Å². The lowest BCUT2D eigenvalue weighted by Gasteiger charge is -2.13. The number of esters is 1. The molecule has 1 amide bonds. The molecular weight excluding hydrogens is 326 g/mol. The number of nitrogens with zero attached hydrogens (tertiary/aromatic N) is 1. The van der Waals surface area contributed by atoms with Crippen molar-refractivity contribution in [2.45, 2.75) is 20.3 Å². The van der Waals surface area contributed by atoms with Crippen LogP contribution in [0.4, 0.5) is 4.79 Å². The molecule has 1 aliphatic rings. The number of hydrogen-bond donors (Lipinski definition) is 1. The first-order valence-electron chi connectivity index (χ1n) is 8.30. The van der Waals surface area contributed by atoms with Gasteiger partial charge in [-0.05, 0) is 38.5 Å². The van der Waals surface area contributed by atoms with Crippen molar-refractivity contribution >= 4 is 23.0 Å². The maximum atomic E-state index is 12.1. The van der Waals surface area contributed by atoms with Gasteiger partial charge in [-0.15, -0.1) is 0 Å². The molecular formula is C18H21NO6. The molecule has 7 nitrogen and oxygen atoms in total. The molecule has 7 heteroatoms. The van der Waals surface area contributed by atoms with Crippen LogP contribution in [0.3, 0.4) is 0 Å². The number of amides is 1. The van der Waals surface area contributed by atoms with Gasteiger partial charge in [0.15, 0.2) is 0 Å². The molecule has 1 aliphatic heterocycles. The lowest BCUT2D eigenvalue weighted by molar-refractivity contribution is 0.0526. The molecule has 0 bridgehead atoms. The number of likely N-dealkylation sites (tertiary alicyclic amines) is 1. The predicted molar refractivity (Wildman–Crippen MR) is 90.1 cm³/mol. The van der Waals surface area contributed by atoms with E-state index in [1.54, 1.807) is 32.0 Å². The third kappa shape index (κ3) is 3.55. The molecule has 3 rings (SSSR count). The van der Waals surface area contributed by atoms with Crippen LogP contribution in [0.2, 0.25) is 0 Å². The topological polar surface area (TPSA) is 89.2 Å². The highest BCUT2D eigenvalue weighted by atomic mass is 16.5. The van der Waals surface area contributed by atoms with Gasteiger partial charge in [0.2, 0.25) is 0 Å². The highest BCUT2D eigenvalue weighted by Crippen LogP contribution is 2.30. The van der Waals surface area contributed by atoms with Gasteiger partial charge in [-0.3, -0.25) is 0 Å². The summed E-state index contributed by atoms with van der Waals surface area (Å²) in [6.07, 6.45) is -0.107. The van der Waals surface area contributed by atoms with Crippen molar-refractivity contribution in [1.29, 1.82) is 0 Å². The fourth-order valence-corrected chi connectivity index (χ4v) is 3.10. The zero-order chi connectivity index (χ0) is 18.0. The molecule has 0 saturated carbocycles. The monoisotopic (exact) mass is 347 g/mol. The second-order valence-electron chi connectivity index (χ2n) is 6.11. The fourth-order valence-electron chi connectivity index (χ4n) is 3.10. The van der Waals surface area contributed by atoms with Crippen molar-refractivity contribution in [3.63, 3.8) is 0 Å². The summed E-state index contributed by atoms with van der Waals surface area (Å²) in [5, 5.41) is 9.65. The molecule has 1 N–H and O–H groups in total. The van der Waals surface area contributed by atoms with E-state index in [1.807, 2.05) is 0 Å². The normalized spacial score (nSPS) is 17.0. The van der Waals surface area contributed by atoms with Gasteiger partial charge in [-0.25, -0.2) is 9.59 Å². The molecule has 1 fully saturated rings. The number of carboxylic acid groups (broad SMARTS) is 1. The van der Waals surface area contributed by atoms with Gasteiger partial charge in [-0.1, -0.05) is 0 Å². The van der Waals surface area contributed by atoms with Crippen LogP contribution in [-0.2, 0) is 4.74 Å². The largest absolute Gasteiger partial charge is 0.493 e. The number of hydrogen-bond acceptors (Lipinski definition) is 5. The van der Waals surface area contributed by atoms with E-state index < -0.39 is 12.1 Å². The summed E-state index contributed by atoms with van der Waals surface area (Å²) >= 11 is 0. The van der Waals surface area contributed by atoms with E-state index in [1.165, 1.54) is 4.90 Å². The Bertz CT molecular complexity index is 796. The molecule has 2 heterocycles. The maximum Gasteiger partial charge on any atom is 0.407 e. The van der Waals surface area contributed by atoms with E-state index in [4.69, 9.17) is 19.0 Å². The van der Waals surface area contributed by atoms with Gasteiger partial charge >= 0.3 is 12.1 Å². The van der Waals surface area contributed by atoms with Crippen LogP contribution < -0.4 is 4.74 Å². The van der Waals surface area contributed by atoms with Crippen molar-refractivity contribution in [2.75, 3.05) is 26.3 Å². The standard InChI is InChI=1S/C18H21NO6/c1-3-23-17(20)16-11(2)25-15-5-4-13(8-14(15)16)24-10-12-6-7-19(9-12)18(21)22/h4-5,8,12H,3,6-7,9-10H2,1-2H3,(H,21,22). The van der Waals surface area contributed by atoms with Gasteiger partial charge in [-0.2, -0.15) is 0 Å². The molecule has 1 unspecified atom stereocenters. The second kappa shape index (κ2) is 7.04. The first-order valence-corrected chi connectivity index (χ1v) is 8.30. The van der Waals surface area contributed by atoms with Crippen molar-refractivity contribution in [3.05, 3.63) is 29.5 Å². The van der Waals surface area contributed by atoms with Crippen molar-refractivity contribution < 1.29 is 28.6 Å². The minimum absolute atomic E-state index is 0.169. The summed E-state index contributed by atoms with van der Waals surface area (Å²) in [5.74, 6) is 0.886. The van der Waals surface area contributed by atoms with Crippen molar-refractivity contribution in [3.8, 4) is 5.75 Å². The molecule has 0 radical (unpaired) electrons. The Kier molecular flexibility index (Phi) is 4.83. The van der Waals surface area contributed by atoms with E-state index >= 15 is 0 Å². The lowest BCUT2D eigenvalue weighted by Crippen LogP contribution is -2.27. The Morgan fingerprint density at radius 3 is 2.88 bits per heavy atom. The Morgan fingerprint density at radius 1 is 1.40 bits per heavy atom. The Morgan fingerprint density at radius 2 is 2.20 bits per heavy atom. The van der Waals surface area contributed by atoms with Gasteiger partial charge in [0, 0.05) is 24.4 Å². The summed E-state index contributed by atoms with van der Waals surface area (Å²) in [6, 6.07) is 5.31. The zero-order valence-corrected chi connectivity index (χ0v) is 14.3. The highest BCUT2D eigenvalue weighted by molar-refractivity contribution is 6.04. The zero-order valence-electron chi connectivity index (χ0n) is 14.3. The number of ether oxygens (including phenoxy) is 2. The van der Waals surface area contributed by atoms with Gasteiger partial charge in [0.1, 0.15) is 22.7 Å². The quantitative estimate of drug-likeness (QED) is 0.835. The van der Waals surface area contributed by atoms with Crippen LogP contribution >= 0.6 is 0 Å². The van der Waals surface area contributed by atoms with E-state index in [-0.39, 0.29) is 5.92 Å². The molecule has 1 aromatic heterocycles. The summed E-state index contributed by atoms with van der Waals surface area (Å²) in [6.45, 7) is 5.23. The minimum atomic E-state index is -0.892. The SMILES string of the molecule is CCOC(=O)c1c(C)oc2ccc(OCC3CCN(C(=O)O)C3)cc12. The smallest absolute Gasteiger partial charge is 0.407 e. The van der Waals surface area contributed by atoms with Crippen LogP contribution in [0.5, 0.6) is 5.75 Å². The van der Waals surface area contributed by atoms with Crippen molar-refractivity contribution in [1.82, 2.24) is 4.90 Å². The van der Waals surface area contributed by atoms with Crippen LogP contribution in [-0.4, -0.2) is 48.4 Å². The average molecular weight is 347 g/mol. The fraction of sp³-hybridized carbons (Fsp3) is 0.444. The van der Waals surface area contributed by atoms with Gasteiger partial charge in [0.25, 0.3) is 0 Å². The number of carbonyl (C=O) groups is 2. The number of fused-ring (bicyclic) bond motifs is 1. The molecule has 25 heavy (non-hydrogen) atoms. The summed E-state index contributed by atoms with van der Waals surface area (Å²) in [5.41, 5.74) is 1.02. The Labute approximate surface area is 145 Å². The maximum absolute atomic E-state index is 12.1. The van der Waals surface area contributed by atoms with Gasteiger partial charge in [0.05, 0.1) is 13.2 Å². The van der Waals surface area contributed by atoms with E-state index in [2.05, 4.69) is 0 Å². The molecule has 134 valence electrons. The summed E-state index contributed by atoms with van der Waals surface area (Å²) in [4.78, 5) is 24.5. The number of aryl methyl sites for hydroxylation is 1. The predicted octanol–water partition coefficient (Wildman–Crippen LogP) is 3.30. The molecule has 0 spiro atoms. The molecule has 1 aromatic carbocycles. The number of benzene rings is 1. The van der Waals surface area contributed by atoms with Crippen LogP contribution in [0, 0.1) is 12.8 Å². The second-order valence-corrected chi connectivity index (χ2v) is 6.11. The van der Waals surface area contributed by atoms with Crippen LogP contribution in [0.25, 0.3) is 11.0 Å². The van der Waals surface area contributed by atoms with Crippen LogP contribution in [0.15, 0.2) is 22.6 Å². The third-order valence-corrected chi connectivity index (χ3v) is 4.36. The van der Waals surface area contributed by atoms with E-state index in [0.29, 0.717) is 54.3 Å². The van der Waals surface area contributed by atoms with E-state index in [9.17, 15) is 9.59 Å². The summed E-state index contributed by atoms with van der Waals surface area (Å²) < 4.78 is 16.5. The number of furan rings is 1. The van der Waals surface area contributed by atoms with Gasteiger partial charge < -0.3 is 23.9 Å². The van der Waals surface area contributed by atoms with Crippen molar-refractivity contribution in [2.24, 2.45) is 5.92 Å². The average Bonchev–Trinajstić information content (AvgIpc) is 3.16. The number of rotatable bonds is 5. The summed E-state index contributed by atoms with van der Waals surface area (Å²) in [7, 11) is 0.